The fourth-order valence-corrected chi connectivity index (χ4v) is 2.46. The highest BCUT2D eigenvalue weighted by atomic mass is 16.2. The molecule has 0 unspecified atom stereocenters. The van der Waals surface area contributed by atoms with Gasteiger partial charge in [0, 0.05) is 42.2 Å². The summed E-state index contributed by atoms with van der Waals surface area (Å²) in [7, 11) is 0. The summed E-state index contributed by atoms with van der Waals surface area (Å²) in [6.07, 6.45) is 5.63. The summed E-state index contributed by atoms with van der Waals surface area (Å²) in [4.78, 5) is 28.1. The van der Waals surface area contributed by atoms with Crippen molar-refractivity contribution >= 4 is 17.4 Å². The molecule has 5 heteroatoms. The van der Waals surface area contributed by atoms with Gasteiger partial charge in [-0.25, -0.2) is 4.98 Å². The first-order valence-electron chi connectivity index (χ1n) is 8.10. The third-order valence-electron chi connectivity index (χ3n) is 3.91. The number of aryl methyl sites for hydroxylation is 1. The highest BCUT2D eigenvalue weighted by Gasteiger charge is 2.09. The molecule has 1 N–H and O–H groups in total. The number of rotatable bonds is 6. The van der Waals surface area contributed by atoms with Crippen molar-refractivity contribution in [1.29, 1.82) is 0 Å². The van der Waals surface area contributed by atoms with E-state index in [4.69, 9.17) is 0 Å². The monoisotopic (exact) mass is 333 g/mol. The summed E-state index contributed by atoms with van der Waals surface area (Å²) < 4.78 is 1.88. The number of anilines is 1. The molecule has 0 saturated carbocycles. The van der Waals surface area contributed by atoms with E-state index in [0.29, 0.717) is 11.3 Å². The van der Waals surface area contributed by atoms with Gasteiger partial charge in [-0.3, -0.25) is 9.59 Å². The fourth-order valence-electron chi connectivity index (χ4n) is 2.46. The maximum Gasteiger partial charge on any atom is 0.224 e. The molecular formula is C20H19N3O2. The van der Waals surface area contributed by atoms with Crippen molar-refractivity contribution in [1.82, 2.24) is 9.55 Å². The zero-order valence-electron chi connectivity index (χ0n) is 14.0. The van der Waals surface area contributed by atoms with Gasteiger partial charge in [0.15, 0.2) is 5.78 Å². The van der Waals surface area contributed by atoms with E-state index < -0.39 is 0 Å². The quantitative estimate of drug-likeness (QED) is 0.698. The summed E-state index contributed by atoms with van der Waals surface area (Å²) >= 11 is 0. The molecular weight excluding hydrogens is 314 g/mol. The highest BCUT2D eigenvalue weighted by molar-refractivity contribution is 6.00. The summed E-state index contributed by atoms with van der Waals surface area (Å²) in [5, 5.41) is 2.81. The Morgan fingerprint density at radius 1 is 1.00 bits per heavy atom. The molecule has 0 saturated heterocycles. The molecule has 3 rings (SSSR count). The molecule has 5 nitrogen and oxygen atoms in total. The number of nitrogens with one attached hydrogen (secondary N) is 1. The Labute approximate surface area is 146 Å². The number of aromatic nitrogens is 2. The summed E-state index contributed by atoms with van der Waals surface area (Å²) in [6, 6.07) is 14.8. The maximum atomic E-state index is 12.1. The fraction of sp³-hybridized carbons (Fsp3) is 0.150. The first-order valence-corrected chi connectivity index (χ1v) is 8.10. The van der Waals surface area contributed by atoms with Gasteiger partial charge < -0.3 is 9.88 Å². The number of hydrogen-bond acceptors (Lipinski definition) is 3. The zero-order chi connectivity index (χ0) is 17.6. The van der Waals surface area contributed by atoms with Gasteiger partial charge in [-0.05, 0) is 31.2 Å². The van der Waals surface area contributed by atoms with Gasteiger partial charge >= 0.3 is 0 Å². The van der Waals surface area contributed by atoms with E-state index in [2.05, 4.69) is 10.3 Å². The number of hydrogen-bond donors (Lipinski definition) is 1. The zero-order valence-corrected chi connectivity index (χ0v) is 14.0. The predicted octanol–water partition coefficient (Wildman–Crippen LogP) is 3.78. The van der Waals surface area contributed by atoms with Crippen LogP contribution in [0.25, 0.3) is 5.69 Å². The van der Waals surface area contributed by atoms with E-state index in [-0.39, 0.29) is 24.5 Å². The minimum atomic E-state index is -0.171. The Hall–Kier alpha value is -3.21. The van der Waals surface area contributed by atoms with Gasteiger partial charge in [-0.15, -0.1) is 0 Å². The van der Waals surface area contributed by atoms with Crippen molar-refractivity contribution in [2.75, 3.05) is 5.32 Å². The predicted molar refractivity (Wildman–Crippen MR) is 96.9 cm³/mol. The normalized spacial score (nSPS) is 10.4. The highest BCUT2D eigenvalue weighted by Crippen LogP contribution is 2.14. The molecule has 0 bridgehead atoms. The lowest BCUT2D eigenvalue weighted by molar-refractivity contribution is -0.116. The van der Waals surface area contributed by atoms with Crippen LogP contribution < -0.4 is 5.32 Å². The van der Waals surface area contributed by atoms with Crippen molar-refractivity contribution in [3.8, 4) is 5.69 Å². The average Bonchev–Trinajstić information content (AvgIpc) is 3.15. The second-order valence-electron chi connectivity index (χ2n) is 5.85. The standard InChI is InChI=1S/C20H19N3O2/c1-15-2-4-16(5-3-15)19(24)10-11-20(25)22-17-6-8-18(9-7-17)23-13-12-21-14-23/h2-9,12-14H,10-11H2,1H3,(H,22,25). The van der Waals surface area contributed by atoms with E-state index in [1.807, 2.05) is 54.1 Å². The molecule has 0 atom stereocenters. The molecule has 1 aromatic heterocycles. The SMILES string of the molecule is Cc1ccc(C(=O)CCC(=O)Nc2ccc(-n3ccnc3)cc2)cc1. The van der Waals surface area contributed by atoms with Crippen LogP contribution in [-0.4, -0.2) is 21.2 Å². The van der Waals surface area contributed by atoms with Crippen molar-refractivity contribution in [2.24, 2.45) is 0 Å². The number of ketones is 1. The van der Waals surface area contributed by atoms with Crippen molar-refractivity contribution in [2.45, 2.75) is 19.8 Å². The molecule has 0 aliphatic carbocycles. The van der Waals surface area contributed by atoms with Crippen LogP contribution in [0.3, 0.4) is 0 Å². The lowest BCUT2D eigenvalue weighted by Crippen LogP contribution is -2.13. The number of imidazole rings is 1. The van der Waals surface area contributed by atoms with Gasteiger partial charge in [0.2, 0.25) is 5.91 Å². The van der Waals surface area contributed by atoms with Crippen LogP contribution in [0.4, 0.5) is 5.69 Å². The van der Waals surface area contributed by atoms with Gasteiger partial charge in [0.1, 0.15) is 0 Å². The summed E-state index contributed by atoms with van der Waals surface area (Å²) in [5.74, 6) is -0.193. The van der Waals surface area contributed by atoms with Crippen LogP contribution in [0, 0.1) is 6.92 Å². The van der Waals surface area contributed by atoms with Crippen LogP contribution >= 0.6 is 0 Å². The molecule has 0 radical (unpaired) electrons. The summed E-state index contributed by atoms with van der Waals surface area (Å²) in [6.45, 7) is 1.97. The van der Waals surface area contributed by atoms with Crippen molar-refractivity contribution < 1.29 is 9.59 Å². The van der Waals surface area contributed by atoms with Crippen molar-refractivity contribution in [3.05, 3.63) is 78.4 Å². The smallest absolute Gasteiger partial charge is 0.224 e. The first-order chi connectivity index (χ1) is 12.1. The van der Waals surface area contributed by atoms with Crippen LogP contribution in [0.15, 0.2) is 67.3 Å². The molecule has 0 aliphatic rings. The number of Topliss-reactive ketones (excluding diaryl/α,β-unsaturated/α-hetero) is 1. The van der Waals surface area contributed by atoms with E-state index >= 15 is 0 Å². The number of carbonyl (C=O) groups excluding carboxylic acids is 2. The molecule has 2 aromatic carbocycles. The Bertz CT molecular complexity index is 851. The Kier molecular flexibility index (Phi) is 5.04. The molecule has 0 fully saturated rings. The third kappa shape index (κ3) is 4.41. The van der Waals surface area contributed by atoms with Gasteiger partial charge in [0.25, 0.3) is 0 Å². The molecule has 1 amide bonds. The molecule has 25 heavy (non-hydrogen) atoms. The van der Waals surface area contributed by atoms with Crippen LogP contribution in [0.2, 0.25) is 0 Å². The maximum absolute atomic E-state index is 12.1. The lowest BCUT2D eigenvalue weighted by Gasteiger charge is -2.07. The topological polar surface area (TPSA) is 64.0 Å². The van der Waals surface area contributed by atoms with E-state index in [0.717, 1.165) is 11.3 Å². The Balaban J connectivity index is 1.52. The Morgan fingerprint density at radius 3 is 2.36 bits per heavy atom. The lowest BCUT2D eigenvalue weighted by atomic mass is 10.0. The third-order valence-corrected chi connectivity index (χ3v) is 3.91. The van der Waals surface area contributed by atoms with Crippen LogP contribution in [0.1, 0.15) is 28.8 Å². The van der Waals surface area contributed by atoms with E-state index in [9.17, 15) is 9.59 Å². The second-order valence-corrected chi connectivity index (χ2v) is 5.85. The minimum Gasteiger partial charge on any atom is -0.326 e. The molecule has 3 aromatic rings. The van der Waals surface area contributed by atoms with Gasteiger partial charge in [0.05, 0.1) is 6.33 Å². The number of carbonyl (C=O) groups is 2. The number of amides is 1. The van der Waals surface area contributed by atoms with Crippen molar-refractivity contribution in [3.63, 3.8) is 0 Å². The van der Waals surface area contributed by atoms with Crippen LogP contribution in [-0.2, 0) is 4.79 Å². The first kappa shape index (κ1) is 16.6. The number of nitrogens with zero attached hydrogens (tertiary/aromatic N) is 2. The molecule has 0 aliphatic heterocycles. The molecule has 126 valence electrons. The minimum absolute atomic E-state index is 0.0226. The van der Waals surface area contributed by atoms with Gasteiger partial charge in [-0.1, -0.05) is 29.8 Å². The molecule has 1 heterocycles. The second kappa shape index (κ2) is 7.57. The Morgan fingerprint density at radius 2 is 1.72 bits per heavy atom. The van der Waals surface area contributed by atoms with E-state index in [1.54, 1.807) is 24.7 Å². The number of benzene rings is 2. The van der Waals surface area contributed by atoms with Crippen LogP contribution in [0.5, 0.6) is 0 Å². The summed E-state index contributed by atoms with van der Waals surface area (Å²) in [5.41, 5.74) is 3.42. The largest absolute Gasteiger partial charge is 0.326 e. The molecule has 0 spiro atoms. The average molecular weight is 333 g/mol. The van der Waals surface area contributed by atoms with Gasteiger partial charge in [-0.2, -0.15) is 0 Å². The van der Waals surface area contributed by atoms with E-state index in [1.165, 1.54) is 0 Å².